The van der Waals surface area contributed by atoms with Crippen molar-refractivity contribution >= 4 is 12.0 Å². The van der Waals surface area contributed by atoms with E-state index in [1.165, 1.54) is 18.5 Å². The predicted molar refractivity (Wildman–Crippen MR) is 62.7 cm³/mol. The van der Waals surface area contributed by atoms with E-state index in [0.717, 1.165) is 0 Å². The van der Waals surface area contributed by atoms with Crippen LogP contribution in [0.3, 0.4) is 0 Å². The third-order valence-electron chi connectivity index (χ3n) is 2.30. The van der Waals surface area contributed by atoms with Crippen LogP contribution >= 0.6 is 0 Å². The number of ether oxygens (including phenoxy) is 1. The fourth-order valence-electron chi connectivity index (χ4n) is 1.42. The molecule has 0 aliphatic rings. The Balaban J connectivity index is 2.36. The molecule has 2 aromatic rings. The topological polar surface area (TPSA) is 82.3 Å². The normalized spacial score (nSPS) is 10.1. The van der Waals surface area contributed by atoms with Gasteiger partial charge in [0.05, 0.1) is 17.2 Å². The van der Waals surface area contributed by atoms with Gasteiger partial charge in [-0.25, -0.2) is 4.39 Å². The SMILES string of the molecule is O=Cc1cncc(Oc2cc(F)c([N+](=O)[O-])cc2F)c1. The lowest BCUT2D eigenvalue weighted by Crippen LogP contribution is -1.97. The summed E-state index contributed by atoms with van der Waals surface area (Å²) in [6.45, 7) is 0. The monoisotopic (exact) mass is 280 g/mol. The highest BCUT2D eigenvalue weighted by atomic mass is 19.1. The number of aromatic nitrogens is 1. The number of benzene rings is 1. The van der Waals surface area contributed by atoms with E-state index in [9.17, 15) is 23.7 Å². The minimum atomic E-state index is -1.23. The van der Waals surface area contributed by atoms with Gasteiger partial charge in [0.15, 0.2) is 17.9 Å². The molecule has 0 fully saturated rings. The third kappa shape index (κ3) is 2.74. The van der Waals surface area contributed by atoms with Gasteiger partial charge < -0.3 is 4.74 Å². The molecule has 6 nitrogen and oxygen atoms in total. The number of nitro groups is 1. The van der Waals surface area contributed by atoms with Crippen molar-refractivity contribution in [2.45, 2.75) is 0 Å². The molecule has 1 heterocycles. The second-order valence-electron chi connectivity index (χ2n) is 3.67. The van der Waals surface area contributed by atoms with Gasteiger partial charge in [0.2, 0.25) is 5.82 Å². The van der Waals surface area contributed by atoms with Crippen molar-refractivity contribution in [1.29, 1.82) is 0 Å². The lowest BCUT2D eigenvalue weighted by Gasteiger charge is -2.07. The van der Waals surface area contributed by atoms with E-state index in [-0.39, 0.29) is 11.3 Å². The summed E-state index contributed by atoms with van der Waals surface area (Å²) in [5.41, 5.74) is -0.806. The molecule has 0 N–H and O–H groups in total. The van der Waals surface area contributed by atoms with E-state index in [1.54, 1.807) is 0 Å². The first-order valence-corrected chi connectivity index (χ1v) is 5.23. The minimum Gasteiger partial charge on any atom is -0.453 e. The number of halogens is 2. The highest BCUT2D eigenvalue weighted by molar-refractivity contribution is 5.74. The maximum atomic E-state index is 13.6. The van der Waals surface area contributed by atoms with Crippen molar-refractivity contribution in [2.75, 3.05) is 0 Å². The van der Waals surface area contributed by atoms with Crippen LogP contribution in [0.4, 0.5) is 14.5 Å². The zero-order valence-electron chi connectivity index (χ0n) is 9.75. The number of rotatable bonds is 4. The Morgan fingerprint density at radius 2 is 1.95 bits per heavy atom. The van der Waals surface area contributed by atoms with Gasteiger partial charge in [-0.1, -0.05) is 0 Å². The van der Waals surface area contributed by atoms with Crippen molar-refractivity contribution in [2.24, 2.45) is 0 Å². The smallest absolute Gasteiger partial charge is 0.307 e. The van der Waals surface area contributed by atoms with Crippen LogP contribution in [0.15, 0.2) is 30.6 Å². The van der Waals surface area contributed by atoms with Crippen LogP contribution < -0.4 is 4.74 Å². The van der Waals surface area contributed by atoms with Crippen LogP contribution in [0.2, 0.25) is 0 Å². The molecule has 2 rings (SSSR count). The molecule has 0 bridgehead atoms. The van der Waals surface area contributed by atoms with E-state index in [0.29, 0.717) is 18.4 Å². The molecule has 0 radical (unpaired) electrons. The second kappa shape index (κ2) is 5.39. The van der Waals surface area contributed by atoms with E-state index in [4.69, 9.17) is 4.74 Å². The van der Waals surface area contributed by atoms with Gasteiger partial charge in [0.25, 0.3) is 0 Å². The summed E-state index contributed by atoms with van der Waals surface area (Å²) in [4.78, 5) is 23.6. The minimum absolute atomic E-state index is 0.00162. The Morgan fingerprint density at radius 1 is 1.20 bits per heavy atom. The maximum absolute atomic E-state index is 13.6. The molecule has 0 unspecified atom stereocenters. The van der Waals surface area contributed by atoms with Gasteiger partial charge in [0, 0.05) is 17.8 Å². The average molecular weight is 280 g/mol. The Morgan fingerprint density at radius 3 is 2.60 bits per heavy atom. The Labute approximate surface area is 110 Å². The molecule has 0 saturated heterocycles. The maximum Gasteiger partial charge on any atom is 0.307 e. The van der Waals surface area contributed by atoms with Crippen LogP contribution in [0.5, 0.6) is 11.5 Å². The number of aldehydes is 1. The summed E-state index contributed by atoms with van der Waals surface area (Å²) in [7, 11) is 0. The zero-order chi connectivity index (χ0) is 14.7. The van der Waals surface area contributed by atoms with Crippen LogP contribution in [0, 0.1) is 21.7 Å². The molecule has 0 aliphatic heterocycles. The lowest BCUT2D eigenvalue weighted by atomic mass is 10.2. The van der Waals surface area contributed by atoms with Gasteiger partial charge in [0.1, 0.15) is 5.75 Å². The predicted octanol–water partition coefficient (Wildman–Crippen LogP) is 2.87. The van der Waals surface area contributed by atoms with E-state index >= 15 is 0 Å². The molecule has 0 atom stereocenters. The Kier molecular flexibility index (Phi) is 3.65. The van der Waals surface area contributed by atoms with Gasteiger partial charge in [-0.05, 0) is 6.07 Å². The summed E-state index contributed by atoms with van der Waals surface area (Å²) in [5, 5.41) is 10.4. The fourth-order valence-corrected chi connectivity index (χ4v) is 1.42. The van der Waals surface area contributed by atoms with E-state index in [1.807, 2.05) is 0 Å². The molecule has 1 aromatic carbocycles. The molecule has 0 saturated carbocycles. The number of hydrogen-bond donors (Lipinski definition) is 0. The third-order valence-corrected chi connectivity index (χ3v) is 2.30. The largest absolute Gasteiger partial charge is 0.453 e. The Hall–Kier alpha value is -2.90. The van der Waals surface area contributed by atoms with Crippen LogP contribution in [0.25, 0.3) is 0 Å². The molecule has 0 amide bonds. The fraction of sp³-hybridized carbons (Fsp3) is 0. The lowest BCUT2D eigenvalue weighted by molar-refractivity contribution is -0.387. The van der Waals surface area contributed by atoms with Gasteiger partial charge >= 0.3 is 5.69 Å². The highest BCUT2D eigenvalue weighted by Gasteiger charge is 2.19. The molecular formula is C12H6F2N2O4. The highest BCUT2D eigenvalue weighted by Crippen LogP contribution is 2.29. The average Bonchev–Trinajstić information content (AvgIpc) is 2.42. The summed E-state index contributed by atoms with van der Waals surface area (Å²) < 4.78 is 31.9. The van der Waals surface area contributed by atoms with Crippen molar-refractivity contribution in [3.05, 3.63) is 57.9 Å². The molecule has 20 heavy (non-hydrogen) atoms. The summed E-state index contributed by atoms with van der Waals surface area (Å²) in [5.74, 6) is -2.87. The number of nitrogens with zero attached hydrogens (tertiary/aromatic N) is 2. The van der Waals surface area contributed by atoms with Crippen molar-refractivity contribution in [3.63, 3.8) is 0 Å². The standard InChI is InChI=1S/C12H6F2N2O4/c13-9-3-12(10(14)2-11(9)16(18)19)20-8-1-7(6-17)4-15-5-8/h1-6H. The molecule has 102 valence electrons. The first kappa shape index (κ1) is 13.5. The number of pyridine rings is 1. The summed E-state index contributed by atoms with van der Waals surface area (Å²) in [6.07, 6.45) is 2.95. The van der Waals surface area contributed by atoms with Crippen molar-refractivity contribution in [1.82, 2.24) is 4.98 Å². The van der Waals surface area contributed by atoms with E-state index < -0.39 is 28.0 Å². The first-order valence-electron chi connectivity index (χ1n) is 5.23. The molecule has 8 heteroatoms. The number of hydrogen-bond acceptors (Lipinski definition) is 5. The quantitative estimate of drug-likeness (QED) is 0.488. The van der Waals surface area contributed by atoms with Gasteiger partial charge in [-0.15, -0.1) is 0 Å². The second-order valence-corrected chi connectivity index (χ2v) is 3.67. The van der Waals surface area contributed by atoms with Crippen molar-refractivity contribution < 1.29 is 23.2 Å². The van der Waals surface area contributed by atoms with Crippen molar-refractivity contribution in [3.8, 4) is 11.5 Å². The number of nitro benzene ring substituents is 1. The van der Waals surface area contributed by atoms with Gasteiger partial charge in [-0.3, -0.25) is 19.9 Å². The molecule has 1 aromatic heterocycles. The van der Waals surface area contributed by atoms with Crippen LogP contribution in [-0.2, 0) is 0 Å². The number of carbonyl (C=O) groups excluding carboxylic acids is 1. The van der Waals surface area contributed by atoms with Gasteiger partial charge in [-0.2, -0.15) is 4.39 Å². The Bertz CT molecular complexity index is 691. The number of carbonyl (C=O) groups is 1. The molecule has 0 spiro atoms. The molecule has 0 aliphatic carbocycles. The first-order chi connectivity index (χ1) is 9.51. The summed E-state index contributed by atoms with van der Waals surface area (Å²) in [6, 6.07) is 2.24. The van der Waals surface area contributed by atoms with E-state index in [2.05, 4.69) is 4.98 Å². The van der Waals surface area contributed by atoms with Crippen LogP contribution in [0.1, 0.15) is 10.4 Å². The summed E-state index contributed by atoms with van der Waals surface area (Å²) >= 11 is 0. The van der Waals surface area contributed by atoms with Crippen LogP contribution in [-0.4, -0.2) is 16.2 Å². The molecular weight excluding hydrogens is 274 g/mol. The zero-order valence-corrected chi connectivity index (χ0v) is 9.75.